The molecule has 20 heavy (non-hydrogen) atoms. The lowest BCUT2D eigenvalue weighted by Gasteiger charge is -2.26. The molecule has 1 aromatic carbocycles. The summed E-state index contributed by atoms with van der Waals surface area (Å²) in [5, 5.41) is 0. The van der Waals surface area contributed by atoms with Crippen molar-refractivity contribution in [3.8, 4) is 5.75 Å². The molecule has 1 unspecified atom stereocenters. The van der Waals surface area contributed by atoms with Crippen LogP contribution in [0.1, 0.15) is 55.7 Å². The average Bonchev–Trinajstić information content (AvgIpc) is 3.23. The van der Waals surface area contributed by atoms with Gasteiger partial charge in [0.25, 0.3) is 0 Å². The summed E-state index contributed by atoms with van der Waals surface area (Å²) in [4.78, 5) is 0. The first-order valence-electron chi connectivity index (χ1n) is 7.74. The van der Waals surface area contributed by atoms with Crippen LogP contribution in [0.3, 0.4) is 0 Å². The minimum absolute atomic E-state index is 0.148. The number of hydrogen-bond donors (Lipinski definition) is 1. The molecule has 1 fully saturated rings. The van der Waals surface area contributed by atoms with Crippen molar-refractivity contribution >= 4 is 15.9 Å². The second kappa shape index (κ2) is 5.34. The lowest BCUT2D eigenvalue weighted by molar-refractivity contribution is 0.395. The Kier molecular flexibility index (Phi) is 3.85. The van der Waals surface area contributed by atoms with Crippen molar-refractivity contribution < 1.29 is 4.74 Å². The summed E-state index contributed by atoms with van der Waals surface area (Å²) < 4.78 is 6.94. The molecule has 0 aromatic heterocycles. The van der Waals surface area contributed by atoms with Gasteiger partial charge in [-0.2, -0.15) is 0 Å². The highest BCUT2D eigenvalue weighted by Crippen LogP contribution is 2.55. The van der Waals surface area contributed by atoms with E-state index in [2.05, 4.69) is 28.9 Å². The van der Waals surface area contributed by atoms with Gasteiger partial charge in [-0.15, -0.1) is 0 Å². The molecule has 2 aliphatic carbocycles. The summed E-state index contributed by atoms with van der Waals surface area (Å²) >= 11 is 3.82. The van der Waals surface area contributed by atoms with Crippen molar-refractivity contribution in [3.63, 3.8) is 0 Å². The molecule has 110 valence electrons. The lowest BCUT2D eigenvalue weighted by Crippen LogP contribution is -2.32. The fourth-order valence-corrected chi connectivity index (χ4v) is 4.51. The number of halogens is 1. The van der Waals surface area contributed by atoms with E-state index in [1.165, 1.54) is 59.7 Å². The number of hydrogen-bond acceptors (Lipinski definition) is 2. The number of aryl methyl sites for hydroxylation is 1. The van der Waals surface area contributed by atoms with Crippen LogP contribution >= 0.6 is 15.9 Å². The van der Waals surface area contributed by atoms with Gasteiger partial charge >= 0.3 is 0 Å². The van der Waals surface area contributed by atoms with Crippen LogP contribution in [0, 0.1) is 0 Å². The van der Waals surface area contributed by atoms with Gasteiger partial charge in [-0.05, 0) is 72.5 Å². The largest absolute Gasteiger partial charge is 0.495 e. The molecular weight excluding hydrogens is 314 g/mol. The fraction of sp³-hybridized carbons (Fsp3) is 0.647. The van der Waals surface area contributed by atoms with Crippen molar-refractivity contribution in [1.29, 1.82) is 0 Å². The van der Waals surface area contributed by atoms with E-state index in [4.69, 9.17) is 10.5 Å². The predicted octanol–water partition coefficient (Wildman–Crippen LogP) is 4.11. The third-order valence-electron chi connectivity index (χ3n) is 5.19. The molecule has 0 aliphatic heterocycles. The Morgan fingerprint density at radius 1 is 1.25 bits per heavy atom. The highest BCUT2D eigenvalue weighted by atomic mass is 79.9. The van der Waals surface area contributed by atoms with E-state index < -0.39 is 0 Å². The van der Waals surface area contributed by atoms with E-state index in [-0.39, 0.29) is 11.5 Å². The number of nitrogens with two attached hydrogens (primary N) is 1. The second-order valence-electron chi connectivity index (χ2n) is 6.41. The monoisotopic (exact) mass is 337 g/mol. The Labute approximate surface area is 130 Å². The Hall–Kier alpha value is -0.540. The average molecular weight is 338 g/mol. The van der Waals surface area contributed by atoms with Gasteiger partial charge in [-0.1, -0.05) is 12.5 Å². The predicted molar refractivity (Wildman–Crippen MR) is 86.5 cm³/mol. The van der Waals surface area contributed by atoms with Crippen LogP contribution in [-0.2, 0) is 18.3 Å². The number of benzene rings is 1. The summed E-state index contributed by atoms with van der Waals surface area (Å²) in [7, 11) is 1.78. The Bertz CT molecular complexity index is 520. The Morgan fingerprint density at radius 3 is 2.55 bits per heavy atom. The fourth-order valence-electron chi connectivity index (χ4n) is 3.68. The highest BCUT2D eigenvalue weighted by molar-refractivity contribution is 9.10. The number of fused-ring (bicyclic) bond motifs is 1. The summed E-state index contributed by atoms with van der Waals surface area (Å²) in [6, 6.07) is 2.59. The molecule has 1 atom stereocenters. The van der Waals surface area contributed by atoms with Gasteiger partial charge in [-0.25, -0.2) is 0 Å². The topological polar surface area (TPSA) is 35.2 Å². The normalized spacial score (nSPS) is 21.8. The molecule has 0 bridgehead atoms. The van der Waals surface area contributed by atoms with E-state index in [0.717, 1.165) is 12.2 Å². The zero-order valence-corrected chi connectivity index (χ0v) is 14.1. The zero-order chi connectivity index (χ0) is 14.3. The summed E-state index contributed by atoms with van der Waals surface area (Å²) in [5.41, 5.74) is 10.7. The smallest absolute Gasteiger partial charge is 0.137 e. The van der Waals surface area contributed by atoms with E-state index in [1.807, 2.05) is 0 Å². The molecule has 1 aromatic rings. The Morgan fingerprint density at radius 2 is 1.95 bits per heavy atom. The number of methoxy groups -OCH3 is 1. The first-order valence-corrected chi connectivity index (χ1v) is 8.54. The van der Waals surface area contributed by atoms with E-state index in [0.29, 0.717) is 0 Å². The third kappa shape index (κ3) is 2.19. The molecule has 0 saturated heterocycles. The van der Waals surface area contributed by atoms with Crippen molar-refractivity contribution in [2.75, 3.05) is 7.11 Å². The molecule has 3 rings (SSSR count). The van der Waals surface area contributed by atoms with Crippen molar-refractivity contribution in [2.24, 2.45) is 5.73 Å². The van der Waals surface area contributed by atoms with E-state index >= 15 is 0 Å². The van der Waals surface area contributed by atoms with Crippen molar-refractivity contribution in [1.82, 2.24) is 0 Å². The van der Waals surface area contributed by atoms with Gasteiger partial charge in [0.1, 0.15) is 5.75 Å². The van der Waals surface area contributed by atoms with Crippen molar-refractivity contribution in [3.05, 3.63) is 27.2 Å². The number of ether oxygens (including phenoxy) is 1. The minimum atomic E-state index is 0.148. The lowest BCUT2D eigenvalue weighted by atomic mass is 9.85. The molecule has 2 N–H and O–H groups in total. The van der Waals surface area contributed by atoms with E-state index in [1.54, 1.807) is 7.11 Å². The van der Waals surface area contributed by atoms with Crippen LogP contribution in [0.15, 0.2) is 10.5 Å². The van der Waals surface area contributed by atoms with Gasteiger partial charge in [-0.3, -0.25) is 0 Å². The molecule has 0 radical (unpaired) electrons. The van der Waals surface area contributed by atoms with Crippen LogP contribution in [0.2, 0.25) is 0 Å². The summed E-state index contributed by atoms with van der Waals surface area (Å²) in [6.45, 7) is 2.13. The van der Waals surface area contributed by atoms with Gasteiger partial charge in [0.2, 0.25) is 0 Å². The quantitative estimate of drug-likeness (QED) is 0.842. The van der Waals surface area contributed by atoms with Gasteiger partial charge in [0, 0.05) is 17.0 Å². The highest BCUT2D eigenvalue weighted by Gasteiger charge is 2.49. The molecule has 0 amide bonds. The summed E-state index contributed by atoms with van der Waals surface area (Å²) in [5.74, 6) is 1.03. The molecule has 0 heterocycles. The zero-order valence-electron chi connectivity index (χ0n) is 12.5. The maximum absolute atomic E-state index is 6.27. The molecule has 1 saturated carbocycles. The second-order valence-corrected chi connectivity index (χ2v) is 7.21. The first-order chi connectivity index (χ1) is 9.60. The maximum atomic E-state index is 6.27. The van der Waals surface area contributed by atoms with Crippen molar-refractivity contribution in [2.45, 2.75) is 63.3 Å². The maximum Gasteiger partial charge on any atom is 0.137 e. The van der Waals surface area contributed by atoms with E-state index in [9.17, 15) is 0 Å². The van der Waals surface area contributed by atoms with Gasteiger partial charge in [0.05, 0.1) is 11.6 Å². The SMILES string of the molecule is COc1c(C2(C(C)N)CC2)cc2c(c1Br)CCCCC2. The number of rotatable bonds is 3. The van der Waals surface area contributed by atoms with Gasteiger partial charge in [0.15, 0.2) is 0 Å². The van der Waals surface area contributed by atoms with Crippen LogP contribution in [0.5, 0.6) is 5.75 Å². The van der Waals surface area contributed by atoms with Crippen LogP contribution < -0.4 is 10.5 Å². The van der Waals surface area contributed by atoms with Crippen LogP contribution in [0.4, 0.5) is 0 Å². The molecule has 0 spiro atoms. The van der Waals surface area contributed by atoms with Crippen LogP contribution in [-0.4, -0.2) is 13.2 Å². The Balaban J connectivity index is 2.15. The first kappa shape index (κ1) is 14.4. The molecular formula is C17H24BrNO. The third-order valence-corrected chi connectivity index (χ3v) is 6.03. The molecule has 3 heteroatoms. The van der Waals surface area contributed by atoms with Gasteiger partial charge < -0.3 is 10.5 Å². The molecule has 2 aliphatic rings. The minimum Gasteiger partial charge on any atom is -0.495 e. The molecule has 2 nitrogen and oxygen atoms in total. The standard InChI is InChI=1S/C17H24BrNO/c1-11(19)17(8-9-17)14-10-12-6-4-3-5-7-13(12)15(18)16(14)20-2/h10-11H,3-9,19H2,1-2H3. The summed E-state index contributed by atoms with van der Waals surface area (Å²) in [6.07, 6.45) is 8.65. The van der Waals surface area contributed by atoms with Crippen LogP contribution in [0.25, 0.3) is 0 Å².